The maximum absolute atomic E-state index is 12.5. The van der Waals surface area contributed by atoms with Crippen molar-refractivity contribution in [1.82, 2.24) is 4.98 Å². The molecule has 0 aliphatic rings. The number of Topliss-reactive ketones (excluding diaryl/α,β-unsaturated/α-hetero) is 1. The molecule has 5 nitrogen and oxygen atoms in total. The SMILES string of the molecule is C[C@H](OC(=O)[C@H](O)c1ccccc1)C(=O)c1c[nH]c2ccccc12. The third kappa shape index (κ3) is 3.07. The Hall–Kier alpha value is -2.92. The van der Waals surface area contributed by atoms with Gasteiger partial charge in [-0.05, 0) is 18.6 Å². The lowest BCUT2D eigenvalue weighted by Crippen LogP contribution is -2.27. The number of para-hydroxylation sites is 1. The Kier molecular flexibility index (Phi) is 4.44. The van der Waals surface area contributed by atoms with Gasteiger partial charge in [0.2, 0.25) is 5.78 Å². The average molecular weight is 323 g/mol. The van der Waals surface area contributed by atoms with Gasteiger partial charge in [-0.2, -0.15) is 0 Å². The van der Waals surface area contributed by atoms with Gasteiger partial charge in [0.25, 0.3) is 0 Å². The molecule has 0 bridgehead atoms. The predicted molar refractivity (Wildman–Crippen MR) is 89.6 cm³/mol. The third-order valence-electron chi connectivity index (χ3n) is 3.86. The van der Waals surface area contributed by atoms with E-state index in [0.29, 0.717) is 11.1 Å². The second kappa shape index (κ2) is 6.68. The fourth-order valence-corrected chi connectivity index (χ4v) is 2.56. The van der Waals surface area contributed by atoms with E-state index in [1.54, 1.807) is 36.5 Å². The Labute approximate surface area is 138 Å². The topological polar surface area (TPSA) is 79.4 Å². The first-order valence-corrected chi connectivity index (χ1v) is 7.62. The van der Waals surface area contributed by atoms with E-state index in [2.05, 4.69) is 4.98 Å². The van der Waals surface area contributed by atoms with E-state index in [1.807, 2.05) is 24.3 Å². The fraction of sp³-hybridized carbons (Fsp3) is 0.158. The number of benzene rings is 2. The highest BCUT2D eigenvalue weighted by atomic mass is 16.6. The number of esters is 1. The molecule has 1 aromatic heterocycles. The third-order valence-corrected chi connectivity index (χ3v) is 3.86. The summed E-state index contributed by atoms with van der Waals surface area (Å²) in [6.45, 7) is 1.50. The zero-order valence-electron chi connectivity index (χ0n) is 13.1. The minimum atomic E-state index is -1.41. The van der Waals surface area contributed by atoms with Gasteiger partial charge in [0.1, 0.15) is 0 Å². The summed E-state index contributed by atoms with van der Waals surface area (Å²) >= 11 is 0. The molecule has 3 rings (SSSR count). The molecular weight excluding hydrogens is 306 g/mol. The zero-order chi connectivity index (χ0) is 17.1. The van der Waals surface area contributed by atoms with Gasteiger partial charge >= 0.3 is 5.97 Å². The summed E-state index contributed by atoms with van der Waals surface area (Å²) in [5.74, 6) is -1.16. The molecule has 0 amide bonds. The number of H-pyrrole nitrogens is 1. The molecule has 0 radical (unpaired) electrons. The van der Waals surface area contributed by atoms with Gasteiger partial charge in [0.05, 0.1) is 0 Å². The smallest absolute Gasteiger partial charge is 0.340 e. The first-order chi connectivity index (χ1) is 11.6. The standard InChI is InChI=1S/C19H17NO4/c1-12(24-19(23)18(22)13-7-3-2-4-8-13)17(21)15-11-20-16-10-6-5-9-14(15)16/h2-12,18,20,22H,1H3/t12-,18+/m0/s1. The van der Waals surface area contributed by atoms with E-state index in [1.165, 1.54) is 6.92 Å². The number of ketones is 1. The highest BCUT2D eigenvalue weighted by Gasteiger charge is 2.26. The second-order valence-corrected chi connectivity index (χ2v) is 5.50. The summed E-state index contributed by atoms with van der Waals surface area (Å²) < 4.78 is 5.15. The molecule has 0 aliphatic carbocycles. The number of nitrogens with one attached hydrogen (secondary N) is 1. The Morgan fingerprint density at radius 2 is 1.71 bits per heavy atom. The highest BCUT2D eigenvalue weighted by Crippen LogP contribution is 2.21. The van der Waals surface area contributed by atoms with Crippen LogP contribution in [0.3, 0.4) is 0 Å². The largest absolute Gasteiger partial charge is 0.452 e. The summed E-state index contributed by atoms with van der Waals surface area (Å²) in [6, 6.07) is 15.9. The van der Waals surface area contributed by atoms with E-state index in [0.717, 1.165) is 10.9 Å². The number of hydrogen-bond donors (Lipinski definition) is 2. The summed E-state index contributed by atoms with van der Waals surface area (Å²) in [6.07, 6.45) is -0.801. The van der Waals surface area contributed by atoms with Crippen LogP contribution in [0.1, 0.15) is 28.9 Å². The van der Waals surface area contributed by atoms with Gasteiger partial charge in [-0.1, -0.05) is 48.5 Å². The van der Waals surface area contributed by atoms with Crippen molar-refractivity contribution in [2.45, 2.75) is 19.1 Å². The molecule has 2 atom stereocenters. The maximum atomic E-state index is 12.5. The van der Waals surface area contributed by atoms with Crippen molar-refractivity contribution >= 4 is 22.7 Å². The summed E-state index contributed by atoms with van der Waals surface area (Å²) in [7, 11) is 0. The van der Waals surface area contributed by atoms with Crippen molar-refractivity contribution in [3.8, 4) is 0 Å². The molecule has 0 saturated heterocycles. The van der Waals surface area contributed by atoms with Crippen LogP contribution >= 0.6 is 0 Å². The van der Waals surface area contributed by atoms with Crippen LogP contribution in [0, 0.1) is 0 Å². The van der Waals surface area contributed by atoms with E-state index in [9.17, 15) is 14.7 Å². The maximum Gasteiger partial charge on any atom is 0.340 e. The van der Waals surface area contributed by atoms with Crippen molar-refractivity contribution in [3.05, 3.63) is 71.9 Å². The normalized spacial score (nSPS) is 13.4. The molecule has 0 unspecified atom stereocenters. The fourth-order valence-electron chi connectivity index (χ4n) is 2.56. The number of fused-ring (bicyclic) bond motifs is 1. The Balaban J connectivity index is 1.73. The lowest BCUT2D eigenvalue weighted by molar-refractivity contribution is -0.156. The van der Waals surface area contributed by atoms with Crippen LogP contribution in [0.4, 0.5) is 0 Å². The van der Waals surface area contributed by atoms with Crippen LogP contribution in [0.2, 0.25) is 0 Å². The van der Waals surface area contributed by atoms with E-state index in [4.69, 9.17) is 4.74 Å². The van der Waals surface area contributed by atoms with E-state index in [-0.39, 0.29) is 5.78 Å². The number of carbonyl (C=O) groups excluding carboxylic acids is 2. The molecule has 0 saturated carbocycles. The summed E-state index contributed by atoms with van der Waals surface area (Å²) in [4.78, 5) is 27.6. The number of aromatic amines is 1. The lowest BCUT2D eigenvalue weighted by Gasteiger charge is -2.15. The van der Waals surface area contributed by atoms with Crippen molar-refractivity contribution in [2.75, 3.05) is 0 Å². The van der Waals surface area contributed by atoms with Crippen molar-refractivity contribution in [1.29, 1.82) is 0 Å². The molecule has 122 valence electrons. The van der Waals surface area contributed by atoms with Gasteiger partial charge in [0.15, 0.2) is 12.2 Å². The van der Waals surface area contributed by atoms with Crippen LogP contribution in [0.5, 0.6) is 0 Å². The van der Waals surface area contributed by atoms with Gasteiger partial charge in [-0.15, -0.1) is 0 Å². The lowest BCUT2D eigenvalue weighted by atomic mass is 10.1. The quantitative estimate of drug-likeness (QED) is 0.559. The molecule has 2 N–H and O–H groups in total. The van der Waals surface area contributed by atoms with Crippen LogP contribution < -0.4 is 0 Å². The summed E-state index contributed by atoms with van der Waals surface area (Å²) in [5, 5.41) is 10.8. The van der Waals surface area contributed by atoms with Crippen molar-refractivity contribution in [2.24, 2.45) is 0 Å². The number of ether oxygens (including phenoxy) is 1. The summed E-state index contributed by atoms with van der Waals surface area (Å²) in [5.41, 5.74) is 1.72. The number of aromatic nitrogens is 1. The van der Waals surface area contributed by atoms with Crippen molar-refractivity contribution in [3.63, 3.8) is 0 Å². The zero-order valence-corrected chi connectivity index (χ0v) is 13.1. The number of carbonyl (C=O) groups is 2. The first-order valence-electron chi connectivity index (χ1n) is 7.62. The van der Waals surface area contributed by atoms with Crippen LogP contribution in [0.15, 0.2) is 60.8 Å². The molecule has 0 fully saturated rings. The molecule has 24 heavy (non-hydrogen) atoms. The predicted octanol–water partition coefficient (Wildman–Crippen LogP) is 3.02. The van der Waals surface area contributed by atoms with Crippen LogP contribution in [-0.2, 0) is 9.53 Å². The van der Waals surface area contributed by atoms with Gasteiger partial charge in [0, 0.05) is 22.7 Å². The number of rotatable bonds is 5. The molecule has 2 aromatic carbocycles. The minimum absolute atomic E-state index is 0.318. The van der Waals surface area contributed by atoms with Gasteiger partial charge in [-0.25, -0.2) is 4.79 Å². The molecular formula is C19H17NO4. The Morgan fingerprint density at radius 1 is 1.04 bits per heavy atom. The van der Waals surface area contributed by atoms with E-state index < -0.39 is 18.2 Å². The van der Waals surface area contributed by atoms with Gasteiger partial charge < -0.3 is 14.8 Å². The number of aliphatic hydroxyl groups is 1. The number of hydrogen-bond acceptors (Lipinski definition) is 4. The molecule has 0 spiro atoms. The molecule has 1 heterocycles. The average Bonchev–Trinajstić information content (AvgIpc) is 3.05. The van der Waals surface area contributed by atoms with Crippen LogP contribution in [0.25, 0.3) is 10.9 Å². The first kappa shape index (κ1) is 16.0. The number of aliphatic hydroxyl groups excluding tert-OH is 1. The van der Waals surface area contributed by atoms with E-state index >= 15 is 0 Å². The van der Waals surface area contributed by atoms with Gasteiger partial charge in [-0.3, -0.25) is 4.79 Å². The van der Waals surface area contributed by atoms with Crippen LogP contribution in [-0.4, -0.2) is 27.9 Å². The molecule has 0 aliphatic heterocycles. The molecule has 3 aromatic rings. The second-order valence-electron chi connectivity index (χ2n) is 5.50. The highest BCUT2D eigenvalue weighted by molar-refractivity contribution is 6.10. The minimum Gasteiger partial charge on any atom is -0.452 e. The Morgan fingerprint density at radius 3 is 2.46 bits per heavy atom. The van der Waals surface area contributed by atoms with Crippen molar-refractivity contribution < 1.29 is 19.4 Å². The monoisotopic (exact) mass is 323 g/mol. The Bertz CT molecular complexity index is 869. The molecule has 5 heteroatoms.